The van der Waals surface area contributed by atoms with Gasteiger partial charge in [0.2, 0.25) is 10.0 Å². The van der Waals surface area contributed by atoms with Crippen molar-refractivity contribution in [2.45, 2.75) is 6.54 Å². The van der Waals surface area contributed by atoms with Gasteiger partial charge in [0.1, 0.15) is 0 Å². The molecule has 1 saturated heterocycles. The summed E-state index contributed by atoms with van der Waals surface area (Å²) in [6.07, 6.45) is 1.17. The largest absolute Gasteiger partial charge is 0.378 e. The number of ether oxygens (including phenoxy) is 1. The molecule has 2 rings (SSSR count). The highest BCUT2D eigenvalue weighted by Gasteiger charge is 2.14. The molecule has 100 valence electrons. The van der Waals surface area contributed by atoms with Gasteiger partial charge in [0.25, 0.3) is 0 Å². The van der Waals surface area contributed by atoms with E-state index < -0.39 is 10.0 Å². The molecule has 0 unspecified atom stereocenters. The normalized spacial score (nSPS) is 16.8. The Bertz CT molecular complexity index is 496. The maximum atomic E-state index is 11.1. The molecule has 0 radical (unpaired) electrons. The molecule has 1 aliphatic rings. The summed E-state index contributed by atoms with van der Waals surface area (Å²) in [4.78, 5) is 2.22. The summed E-state index contributed by atoms with van der Waals surface area (Å²) in [5.41, 5.74) is 2.07. The Morgan fingerprint density at radius 1 is 1.28 bits per heavy atom. The zero-order valence-electron chi connectivity index (χ0n) is 10.4. The van der Waals surface area contributed by atoms with Crippen LogP contribution in [-0.2, 0) is 21.3 Å². The molecule has 18 heavy (non-hydrogen) atoms. The zero-order chi connectivity index (χ0) is 13.0. The van der Waals surface area contributed by atoms with Crippen molar-refractivity contribution < 1.29 is 13.2 Å². The van der Waals surface area contributed by atoms with Crippen LogP contribution in [0.4, 0.5) is 5.69 Å². The van der Waals surface area contributed by atoms with E-state index in [2.05, 4.69) is 9.62 Å². The van der Waals surface area contributed by atoms with Crippen molar-refractivity contribution in [1.82, 2.24) is 4.72 Å². The molecule has 0 aromatic heterocycles. The Kier molecular flexibility index (Phi) is 4.21. The van der Waals surface area contributed by atoms with Crippen molar-refractivity contribution in [2.24, 2.45) is 0 Å². The van der Waals surface area contributed by atoms with Crippen LogP contribution in [-0.4, -0.2) is 41.0 Å². The first-order valence-corrected chi connectivity index (χ1v) is 7.80. The number of para-hydroxylation sites is 1. The van der Waals surface area contributed by atoms with Crippen LogP contribution in [0.1, 0.15) is 5.56 Å². The summed E-state index contributed by atoms with van der Waals surface area (Å²) < 4.78 is 30.1. The van der Waals surface area contributed by atoms with E-state index in [1.54, 1.807) is 0 Å². The fourth-order valence-corrected chi connectivity index (χ4v) is 2.40. The average Bonchev–Trinajstić information content (AvgIpc) is 2.37. The SMILES string of the molecule is CS(=O)(=O)NCc1ccccc1N1CCOCC1. The predicted molar refractivity (Wildman–Crippen MR) is 71.2 cm³/mol. The minimum Gasteiger partial charge on any atom is -0.378 e. The molecular formula is C12H18N2O3S. The van der Waals surface area contributed by atoms with Gasteiger partial charge in [0.05, 0.1) is 19.5 Å². The number of hydrogen-bond acceptors (Lipinski definition) is 4. The second-order valence-electron chi connectivity index (χ2n) is 4.32. The highest BCUT2D eigenvalue weighted by molar-refractivity contribution is 7.88. The highest BCUT2D eigenvalue weighted by Crippen LogP contribution is 2.21. The van der Waals surface area contributed by atoms with Crippen molar-refractivity contribution in [2.75, 3.05) is 37.5 Å². The Morgan fingerprint density at radius 3 is 2.61 bits per heavy atom. The number of sulfonamides is 1. The monoisotopic (exact) mass is 270 g/mol. The van der Waals surface area contributed by atoms with Gasteiger partial charge in [-0.1, -0.05) is 18.2 Å². The molecule has 0 atom stereocenters. The maximum Gasteiger partial charge on any atom is 0.209 e. The first-order valence-electron chi connectivity index (χ1n) is 5.91. The molecular weight excluding hydrogens is 252 g/mol. The molecule has 0 spiro atoms. The topological polar surface area (TPSA) is 58.6 Å². The second kappa shape index (κ2) is 5.69. The third kappa shape index (κ3) is 3.69. The van der Waals surface area contributed by atoms with E-state index in [-0.39, 0.29) is 0 Å². The van der Waals surface area contributed by atoms with Gasteiger partial charge < -0.3 is 9.64 Å². The summed E-state index contributed by atoms with van der Waals surface area (Å²) in [5, 5.41) is 0. The van der Waals surface area contributed by atoms with Crippen molar-refractivity contribution in [3.63, 3.8) is 0 Å². The van der Waals surface area contributed by atoms with Crippen molar-refractivity contribution >= 4 is 15.7 Å². The Labute approximate surface area is 108 Å². The lowest BCUT2D eigenvalue weighted by Gasteiger charge is -2.30. The molecule has 1 heterocycles. The molecule has 0 saturated carbocycles. The smallest absolute Gasteiger partial charge is 0.209 e. The summed E-state index contributed by atoms with van der Waals surface area (Å²) in [6, 6.07) is 7.85. The van der Waals surface area contributed by atoms with Crippen LogP contribution in [0.25, 0.3) is 0 Å². The molecule has 0 amide bonds. The van der Waals surface area contributed by atoms with Gasteiger partial charge in [-0.05, 0) is 11.6 Å². The van der Waals surface area contributed by atoms with E-state index in [9.17, 15) is 8.42 Å². The van der Waals surface area contributed by atoms with Gasteiger partial charge in [-0.25, -0.2) is 13.1 Å². The molecule has 1 aromatic rings. The Morgan fingerprint density at radius 2 is 1.94 bits per heavy atom. The van der Waals surface area contributed by atoms with Crippen LogP contribution in [0, 0.1) is 0 Å². The number of rotatable bonds is 4. The minimum absolute atomic E-state index is 0.326. The molecule has 1 aliphatic heterocycles. The van der Waals surface area contributed by atoms with Crippen LogP contribution in [0.2, 0.25) is 0 Å². The van der Waals surface area contributed by atoms with Crippen LogP contribution in [0.15, 0.2) is 24.3 Å². The zero-order valence-corrected chi connectivity index (χ0v) is 11.2. The lowest BCUT2D eigenvalue weighted by atomic mass is 10.1. The molecule has 1 N–H and O–H groups in total. The van der Waals surface area contributed by atoms with E-state index in [0.29, 0.717) is 19.8 Å². The molecule has 5 nitrogen and oxygen atoms in total. The van der Waals surface area contributed by atoms with E-state index in [1.807, 2.05) is 24.3 Å². The van der Waals surface area contributed by atoms with E-state index in [0.717, 1.165) is 24.3 Å². The van der Waals surface area contributed by atoms with Crippen molar-refractivity contribution in [3.05, 3.63) is 29.8 Å². The fraction of sp³-hybridized carbons (Fsp3) is 0.500. The van der Waals surface area contributed by atoms with Gasteiger partial charge in [-0.15, -0.1) is 0 Å². The van der Waals surface area contributed by atoms with Crippen molar-refractivity contribution in [3.8, 4) is 0 Å². The Hall–Kier alpha value is -1.11. The van der Waals surface area contributed by atoms with Crippen LogP contribution >= 0.6 is 0 Å². The predicted octanol–water partition coefficient (Wildman–Crippen LogP) is 0.572. The molecule has 0 bridgehead atoms. The molecule has 1 aromatic carbocycles. The lowest BCUT2D eigenvalue weighted by molar-refractivity contribution is 0.122. The standard InChI is InChI=1S/C12H18N2O3S/c1-18(15,16)13-10-11-4-2-3-5-12(11)14-6-8-17-9-7-14/h2-5,13H,6-10H2,1H3. The maximum absolute atomic E-state index is 11.1. The number of morpholine rings is 1. The summed E-state index contributed by atoms with van der Waals surface area (Å²) >= 11 is 0. The van der Waals surface area contributed by atoms with E-state index in [1.165, 1.54) is 6.26 Å². The highest BCUT2D eigenvalue weighted by atomic mass is 32.2. The van der Waals surface area contributed by atoms with Crippen LogP contribution in [0.5, 0.6) is 0 Å². The summed E-state index contributed by atoms with van der Waals surface area (Å²) in [5.74, 6) is 0. The third-order valence-electron chi connectivity index (χ3n) is 2.87. The number of hydrogen-bond donors (Lipinski definition) is 1. The van der Waals surface area contributed by atoms with Gasteiger partial charge in [0, 0.05) is 25.3 Å². The van der Waals surface area contributed by atoms with E-state index in [4.69, 9.17) is 4.74 Å². The van der Waals surface area contributed by atoms with E-state index >= 15 is 0 Å². The molecule has 0 aliphatic carbocycles. The first kappa shape index (κ1) is 13.3. The summed E-state index contributed by atoms with van der Waals surface area (Å²) in [7, 11) is -3.16. The second-order valence-corrected chi connectivity index (χ2v) is 6.15. The van der Waals surface area contributed by atoms with Gasteiger partial charge in [-0.3, -0.25) is 0 Å². The lowest BCUT2D eigenvalue weighted by Crippen LogP contribution is -2.37. The molecule has 6 heteroatoms. The van der Waals surface area contributed by atoms with Crippen molar-refractivity contribution in [1.29, 1.82) is 0 Å². The number of benzene rings is 1. The van der Waals surface area contributed by atoms with Gasteiger partial charge in [0.15, 0.2) is 0 Å². The first-order chi connectivity index (χ1) is 8.56. The van der Waals surface area contributed by atoms with Gasteiger partial charge in [-0.2, -0.15) is 0 Å². The van der Waals surface area contributed by atoms with Crippen LogP contribution in [0.3, 0.4) is 0 Å². The summed E-state index contributed by atoms with van der Waals surface area (Å²) in [6.45, 7) is 3.44. The van der Waals surface area contributed by atoms with Crippen LogP contribution < -0.4 is 9.62 Å². The fourth-order valence-electron chi connectivity index (χ4n) is 1.98. The quantitative estimate of drug-likeness (QED) is 0.869. The van der Waals surface area contributed by atoms with Gasteiger partial charge >= 0.3 is 0 Å². The number of nitrogens with one attached hydrogen (secondary N) is 1. The average molecular weight is 270 g/mol. The third-order valence-corrected chi connectivity index (χ3v) is 3.54. The number of nitrogens with zero attached hydrogens (tertiary/aromatic N) is 1. The number of anilines is 1. The minimum atomic E-state index is -3.16. The Balaban J connectivity index is 2.14. The molecule has 1 fully saturated rings.